The summed E-state index contributed by atoms with van der Waals surface area (Å²) in [6.07, 6.45) is 1.84. The lowest BCUT2D eigenvalue weighted by Crippen LogP contribution is -2.46. The molecule has 0 atom stereocenters. The van der Waals surface area contributed by atoms with Crippen molar-refractivity contribution < 1.29 is 4.79 Å². The standard InChI is InChI=1S/C10H23N3O/c1-4-10(2,3)13-9(14)8-12-7-5-6-11/h12H,4-8,11H2,1-3H3,(H,13,14). The summed E-state index contributed by atoms with van der Waals surface area (Å²) in [7, 11) is 0. The SMILES string of the molecule is CCC(C)(C)NC(=O)CNCCCN. The summed E-state index contributed by atoms with van der Waals surface area (Å²) in [5.41, 5.74) is 5.22. The molecule has 0 unspecified atom stereocenters. The maximum absolute atomic E-state index is 11.4. The van der Waals surface area contributed by atoms with Crippen LogP contribution in [-0.2, 0) is 4.79 Å². The van der Waals surface area contributed by atoms with Crippen LogP contribution in [0.2, 0.25) is 0 Å². The lowest BCUT2D eigenvalue weighted by atomic mass is 10.0. The maximum atomic E-state index is 11.4. The Hall–Kier alpha value is -0.610. The Morgan fingerprint density at radius 1 is 1.43 bits per heavy atom. The molecule has 4 nitrogen and oxygen atoms in total. The first-order chi connectivity index (χ1) is 6.52. The molecule has 0 aromatic heterocycles. The zero-order valence-electron chi connectivity index (χ0n) is 9.52. The van der Waals surface area contributed by atoms with Crippen molar-refractivity contribution >= 4 is 5.91 Å². The molecule has 0 heterocycles. The first kappa shape index (κ1) is 13.4. The average Bonchev–Trinajstić information content (AvgIpc) is 2.12. The molecule has 14 heavy (non-hydrogen) atoms. The minimum Gasteiger partial charge on any atom is -0.350 e. The molecule has 0 aliphatic carbocycles. The highest BCUT2D eigenvalue weighted by Crippen LogP contribution is 2.05. The predicted octanol–water partition coefficient (Wildman–Crippen LogP) is 0.230. The van der Waals surface area contributed by atoms with Gasteiger partial charge in [-0.1, -0.05) is 6.92 Å². The fourth-order valence-electron chi connectivity index (χ4n) is 0.939. The van der Waals surface area contributed by atoms with Crippen LogP contribution in [0.5, 0.6) is 0 Å². The van der Waals surface area contributed by atoms with Crippen molar-refractivity contribution in [2.75, 3.05) is 19.6 Å². The topological polar surface area (TPSA) is 67.2 Å². The third-order valence-corrected chi connectivity index (χ3v) is 2.20. The molecule has 0 aliphatic rings. The molecule has 0 saturated heterocycles. The van der Waals surface area contributed by atoms with Crippen molar-refractivity contribution in [1.82, 2.24) is 10.6 Å². The molecule has 0 radical (unpaired) electrons. The van der Waals surface area contributed by atoms with Crippen molar-refractivity contribution in [1.29, 1.82) is 0 Å². The summed E-state index contributed by atoms with van der Waals surface area (Å²) in [6, 6.07) is 0. The van der Waals surface area contributed by atoms with E-state index in [1.54, 1.807) is 0 Å². The predicted molar refractivity (Wildman–Crippen MR) is 59.1 cm³/mol. The molecular weight excluding hydrogens is 178 g/mol. The second kappa shape index (κ2) is 6.79. The Labute approximate surface area is 86.6 Å². The van der Waals surface area contributed by atoms with Gasteiger partial charge in [0.1, 0.15) is 0 Å². The summed E-state index contributed by atoms with van der Waals surface area (Å²) < 4.78 is 0. The van der Waals surface area contributed by atoms with Gasteiger partial charge in [-0.25, -0.2) is 0 Å². The number of hydrogen-bond acceptors (Lipinski definition) is 3. The van der Waals surface area contributed by atoms with Gasteiger partial charge >= 0.3 is 0 Å². The summed E-state index contributed by atoms with van der Waals surface area (Å²) in [5, 5.41) is 5.99. The number of rotatable bonds is 7. The Bertz CT molecular complexity index is 169. The van der Waals surface area contributed by atoms with Crippen molar-refractivity contribution in [2.24, 2.45) is 5.73 Å². The van der Waals surface area contributed by atoms with Crippen LogP contribution in [0.15, 0.2) is 0 Å². The van der Waals surface area contributed by atoms with E-state index in [1.165, 1.54) is 0 Å². The summed E-state index contributed by atoms with van der Waals surface area (Å²) in [4.78, 5) is 11.4. The maximum Gasteiger partial charge on any atom is 0.234 e. The van der Waals surface area contributed by atoms with Crippen LogP contribution < -0.4 is 16.4 Å². The van der Waals surface area contributed by atoms with Gasteiger partial charge < -0.3 is 16.4 Å². The van der Waals surface area contributed by atoms with Crippen LogP contribution in [0.1, 0.15) is 33.6 Å². The largest absolute Gasteiger partial charge is 0.350 e. The van der Waals surface area contributed by atoms with E-state index in [2.05, 4.69) is 17.6 Å². The number of nitrogens with two attached hydrogens (primary N) is 1. The lowest BCUT2D eigenvalue weighted by Gasteiger charge is -2.24. The minimum atomic E-state index is -0.105. The number of hydrogen-bond donors (Lipinski definition) is 3. The highest BCUT2D eigenvalue weighted by Gasteiger charge is 2.16. The molecule has 0 aliphatic heterocycles. The summed E-state index contributed by atoms with van der Waals surface area (Å²) in [6.45, 7) is 7.94. The van der Waals surface area contributed by atoms with Crippen molar-refractivity contribution in [2.45, 2.75) is 39.2 Å². The summed E-state index contributed by atoms with van der Waals surface area (Å²) >= 11 is 0. The third kappa shape index (κ3) is 6.86. The van der Waals surface area contributed by atoms with E-state index in [-0.39, 0.29) is 11.4 Å². The quantitative estimate of drug-likeness (QED) is 0.517. The van der Waals surface area contributed by atoms with E-state index in [4.69, 9.17) is 5.73 Å². The zero-order valence-corrected chi connectivity index (χ0v) is 9.52. The van der Waals surface area contributed by atoms with Gasteiger partial charge in [0.15, 0.2) is 0 Å². The number of carbonyl (C=O) groups is 1. The first-order valence-corrected chi connectivity index (χ1v) is 5.23. The number of carbonyl (C=O) groups excluding carboxylic acids is 1. The first-order valence-electron chi connectivity index (χ1n) is 5.23. The fraction of sp³-hybridized carbons (Fsp3) is 0.900. The van der Waals surface area contributed by atoms with E-state index in [0.29, 0.717) is 13.1 Å². The second-order valence-electron chi connectivity index (χ2n) is 4.10. The Kier molecular flexibility index (Phi) is 6.49. The van der Waals surface area contributed by atoms with Gasteiger partial charge in [-0.2, -0.15) is 0 Å². The Morgan fingerprint density at radius 3 is 2.57 bits per heavy atom. The van der Waals surface area contributed by atoms with Gasteiger partial charge in [-0.3, -0.25) is 4.79 Å². The highest BCUT2D eigenvalue weighted by molar-refractivity contribution is 5.78. The lowest BCUT2D eigenvalue weighted by molar-refractivity contribution is -0.121. The monoisotopic (exact) mass is 201 g/mol. The molecule has 0 bridgehead atoms. The molecule has 0 aromatic rings. The van der Waals surface area contributed by atoms with Gasteiger partial charge in [-0.15, -0.1) is 0 Å². The van der Waals surface area contributed by atoms with Crippen LogP contribution in [-0.4, -0.2) is 31.1 Å². The molecule has 4 N–H and O–H groups in total. The minimum absolute atomic E-state index is 0.0499. The van der Waals surface area contributed by atoms with Gasteiger partial charge in [0.05, 0.1) is 6.54 Å². The average molecular weight is 201 g/mol. The highest BCUT2D eigenvalue weighted by atomic mass is 16.2. The molecule has 0 fully saturated rings. The Morgan fingerprint density at radius 2 is 2.07 bits per heavy atom. The molecule has 84 valence electrons. The van der Waals surface area contributed by atoms with Gasteiger partial charge in [0.2, 0.25) is 5.91 Å². The van der Waals surface area contributed by atoms with E-state index in [1.807, 2.05) is 13.8 Å². The van der Waals surface area contributed by atoms with E-state index < -0.39 is 0 Å². The number of amides is 1. The van der Waals surface area contributed by atoms with Crippen molar-refractivity contribution in [3.63, 3.8) is 0 Å². The second-order valence-corrected chi connectivity index (χ2v) is 4.10. The molecule has 0 saturated carbocycles. The van der Waals surface area contributed by atoms with Crippen LogP contribution in [0.25, 0.3) is 0 Å². The third-order valence-electron chi connectivity index (χ3n) is 2.20. The van der Waals surface area contributed by atoms with E-state index >= 15 is 0 Å². The fourth-order valence-corrected chi connectivity index (χ4v) is 0.939. The smallest absolute Gasteiger partial charge is 0.234 e. The molecule has 0 rings (SSSR count). The van der Waals surface area contributed by atoms with Gasteiger partial charge in [0.25, 0.3) is 0 Å². The normalized spacial score (nSPS) is 11.4. The van der Waals surface area contributed by atoms with E-state index in [9.17, 15) is 4.79 Å². The van der Waals surface area contributed by atoms with Crippen molar-refractivity contribution in [3.05, 3.63) is 0 Å². The van der Waals surface area contributed by atoms with E-state index in [0.717, 1.165) is 19.4 Å². The van der Waals surface area contributed by atoms with Gasteiger partial charge in [-0.05, 0) is 39.8 Å². The van der Waals surface area contributed by atoms with Gasteiger partial charge in [0, 0.05) is 5.54 Å². The van der Waals surface area contributed by atoms with Crippen LogP contribution in [0.4, 0.5) is 0 Å². The molecule has 0 aromatic carbocycles. The van der Waals surface area contributed by atoms with Crippen LogP contribution in [0.3, 0.4) is 0 Å². The molecular formula is C10H23N3O. The zero-order chi connectivity index (χ0) is 11.0. The summed E-state index contributed by atoms with van der Waals surface area (Å²) in [5.74, 6) is 0.0499. The molecule has 0 spiro atoms. The number of nitrogens with one attached hydrogen (secondary N) is 2. The molecule has 1 amide bonds. The van der Waals surface area contributed by atoms with Crippen LogP contribution in [0, 0.1) is 0 Å². The van der Waals surface area contributed by atoms with Crippen LogP contribution >= 0.6 is 0 Å². The molecule has 4 heteroatoms. The van der Waals surface area contributed by atoms with Crippen molar-refractivity contribution in [3.8, 4) is 0 Å². The Balaban J connectivity index is 3.55.